The number of anilines is 2. The molecule has 4 aromatic rings. The highest BCUT2D eigenvalue weighted by molar-refractivity contribution is 8.07. The van der Waals surface area contributed by atoms with E-state index in [0.717, 1.165) is 0 Å². The van der Waals surface area contributed by atoms with Gasteiger partial charge >= 0.3 is 14.5 Å². The molecule has 3 fully saturated rings. The molecule has 0 amide bonds. The molecule has 0 aromatic carbocycles. The Bertz CT molecular complexity index is 1940. The van der Waals surface area contributed by atoms with Crippen LogP contribution in [-0.2, 0) is 43.9 Å². The predicted octanol–water partition coefficient (Wildman–Crippen LogP) is -1.62. The van der Waals surface area contributed by atoms with E-state index >= 15 is 0 Å². The Labute approximate surface area is 255 Å². The minimum atomic E-state index is -5.00. The van der Waals surface area contributed by atoms with Gasteiger partial charge in [0.15, 0.2) is 29.6 Å². The molecular formula is C21H25N9O12P2S. The van der Waals surface area contributed by atoms with Gasteiger partial charge < -0.3 is 50.0 Å². The van der Waals surface area contributed by atoms with Gasteiger partial charge in [0.1, 0.15) is 48.5 Å². The standard InChI is InChI=1S/C21H25N9O12P2S/c22-15-10-17(25-5-24-15)30(6-26-10)19-12(32)13-9(40-19)4-38-44(36,45)42-14-11(31)8(3-37-43(34,35)41-13)39-20(14)29-2-1-7-16(29)27-21(23)28-18(7)33/h1-2,5-6,8-9,11-14,19-20,31-32H,3-4H2,(H,34,35)(H,36,45)(H2,22,24,25)(H3,23,27,28,33)/t8-,9-,11?,12+,13?,14?,19-,20-,44?/m1/s1. The second kappa shape index (κ2) is 11.1. The van der Waals surface area contributed by atoms with Crippen molar-refractivity contribution in [1.29, 1.82) is 0 Å². The van der Waals surface area contributed by atoms with Crippen molar-refractivity contribution >= 4 is 60.3 Å². The lowest BCUT2D eigenvalue weighted by Crippen LogP contribution is -2.36. The number of rotatable bonds is 2. The third-order valence-electron chi connectivity index (χ3n) is 7.47. The van der Waals surface area contributed by atoms with Crippen LogP contribution in [0.1, 0.15) is 12.5 Å². The summed E-state index contributed by atoms with van der Waals surface area (Å²) in [6.45, 7) is -5.60. The van der Waals surface area contributed by atoms with Crippen LogP contribution in [0.2, 0.25) is 0 Å². The topological polar surface area (TPSA) is 300 Å². The van der Waals surface area contributed by atoms with Crippen molar-refractivity contribution in [3.63, 3.8) is 0 Å². The van der Waals surface area contributed by atoms with E-state index in [9.17, 15) is 29.4 Å². The Morgan fingerprint density at radius 3 is 2.51 bits per heavy atom. The van der Waals surface area contributed by atoms with Gasteiger partial charge in [-0.05, 0) is 17.9 Å². The van der Waals surface area contributed by atoms with E-state index in [4.69, 9.17) is 50.8 Å². The molecule has 0 radical (unpaired) electrons. The van der Waals surface area contributed by atoms with E-state index in [1.54, 1.807) is 0 Å². The molecule has 24 heteroatoms. The number of imidazole rings is 1. The van der Waals surface area contributed by atoms with Crippen molar-refractivity contribution in [3.05, 3.63) is 35.3 Å². The molecule has 45 heavy (non-hydrogen) atoms. The molecule has 3 aliphatic rings. The summed E-state index contributed by atoms with van der Waals surface area (Å²) in [6.07, 6.45) is -7.70. The second-order valence-electron chi connectivity index (χ2n) is 10.3. The average Bonchev–Trinajstić information content (AvgIpc) is 3.72. The van der Waals surface area contributed by atoms with Gasteiger partial charge in [0.25, 0.3) is 5.56 Å². The SMILES string of the molecule is Nc1nc2c(ccn2[C@@H]2O[C@@H]3COP(=O)(O)OC4[C@@H](COP(O)(=S)OC2C3O)O[C@@H](n2cnc3c(N)ncnc32)[C@H]4O)c(=O)[nH]1. The Hall–Kier alpha value is -2.95. The maximum atomic E-state index is 13.1. The first-order valence-electron chi connectivity index (χ1n) is 13.1. The minimum Gasteiger partial charge on any atom is -0.387 e. The summed E-state index contributed by atoms with van der Waals surface area (Å²) in [5.74, 6) is -0.137. The van der Waals surface area contributed by atoms with Crippen LogP contribution >= 0.6 is 14.5 Å². The molecule has 0 aliphatic carbocycles. The Kier molecular flexibility index (Phi) is 7.56. The highest BCUT2D eigenvalue weighted by Gasteiger charge is 2.53. The molecule has 242 valence electrons. The van der Waals surface area contributed by atoms with Crippen LogP contribution in [0, 0.1) is 0 Å². The van der Waals surface area contributed by atoms with Crippen LogP contribution in [-0.4, -0.2) is 104 Å². The lowest BCUT2D eigenvalue weighted by atomic mass is 10.1. The summed E-state index contributed by atoms with van der Waals surface area (Å²) < 4.78 is 49.3. The van der Waals surface area contributed by atoms with E-state index in [-0.39, 0.29) is 34.0 Å². The number of hydrogen-bond donors (Lipinski definition) is 7. The molecule has 5 unspecified atom stereocenters. The van der Waals surface area contributed by atoms with Crippen molar-refractivity contribution in [2.45, 2.75) is 49.1 Å². The van der Waals surface area contributed by atoms with Crippen LogP contribution in [0.25, 0.3) is 22.2 Å². The number of aromatic nitrogens is 7. The number of aliphatic hydroxyl groups excluding tert-OH is 2. The molecule has 21 nitrogen and oxygen atoms in total. The number of aromatic amines is 1. The zero-order valence-corrected chi connectivity index (χ0v) is 25.1. The third kappa shape index (κ3) is 5.46. The molecule has 3 saturated heterocycles. The average molecular weight is 689 g/mol. The van der Waals surface area contributed by atoms with Gasteiger partial charge in [-0.25, -0.2) is 19.5 Å². The van der Waals surface area contributed by atoms with E-state index < -0.39 is 82.4 Å². The molecule has 7 heterocycles. The van der Waals surface area contributed by atoms with Gasteiger partial charge in [0.05, 0.1) is 24.9 Å². The summed E-state index contributed by atoms with van der Waals surface area (Å²) in [7, 11) is -5.00. The highest BCUT2D eigenvalue weighted by Crippen LogP contribution is 2.54. The molecule has 0 saturated carbocycles. The molecule has 7 rings (SSSR count). The predicted molar refractivity (Wildman–Crippen MR) is 152 cm³/mol. The maximum Gasteiger partial charge on any atom is 0.472 e. The van der Waals surface area contributed by atoms with Crippen LogP contribution in [0.15, 0.2) is 29.7 Å². The van der Waals surface area contributed by atoms with Gasteiger partial charge in [-0.1, -0.05) is 0 Å². The first-order chi connectivity index (χ1) is 21.3. The third-order valence-corrected chi connectivity index (χ3v) is 10.0. The van der Waals surface area contributed by atoms with Crippen LogP contribution in [0.5, 0.6) is 0 Å². The zero-order valence-electron chi connectivity index (χ0n) is 22.5. The molecule has 4 aromatic heterocycles. The summed E-state index contributed by atoms with van der Waals surface area (Å²) >= 11 is 5.23. The van der Waals surface area contributed by atoms with Crippen molar-refractivity contribution < 1.29 is 52.1 Å². The summed E-state index contributed by atoms with van der Waals surface area (Å²) in [5, 5.41) is 22.4. The minimum absolute atomic E-state index is 0.0503. The Morgan fingerprint density at radius 2 is 1.71 bits per heavy atom. The number of nitrogens with two attached hydrogens (primary N) is 2. The van der Waals surface area contributed by atoms with Gasteiger partial charge in [0, 0.05) is 6.20 Å². The quantitative estimate of drug-likeness (QED) is 0.116. The van der Waals surface area contributed by atoms with Crippen LogP contribution in [0.4, 0.5) is 11.8 Å². The number of hydrogen-bond acceptors (Lipinski definition) is 17. The molecule has 0 spiro atoms. The molecule has 10 atom stereocenters. The number of fused-ring (bicyclic) bond motifs is 5. The highest BCUT2D eigenvalue weighted by atomic mass is 32.5. The van der Waals surface area contributed by atoms with Crippen LogP contribution < -0.4 is 17.0 Å². The monoisotopic (exact) mass is 689 g/mol. The number of nitrogen functional groups attached to an aromatic ring is 2. The number of aliphatic hydroxyl groups is 2. The van der Waals surface area contributed by atoms with Gasteiger partial charge in [-0.2, -0.15) is 4.98 Å². The Morgan fingerprint density at radius 1 is 0.956 bits per heavy atom. The second-order valence-corrected chi connectivity index (χ2v) is 14.5. The van der Waals surface area contributed by atoms with E-state index in [0.29, 0.717) is 0 Å². The molecule has 9 N–H and O–H groups in total. The number of phosphoric ester groups is 1. The van der Waals surface area contributed by atoms with Crippen LogP contribution in [0.3, 0.4) is 0 Å². The fraction of sp³-hybridized carbons (Fsp3) is 0.476. The maximum absolute atomic E-state index is 13.1. The summed E-state index contributed by atoms with van der Waals surface area (Å²) in [5.41, 5.74) is 11.5. The lowest BCUT2D eigenvalue weighted by molar-refractivity contribution is -0.0634. The molecular weight excluding hydrogens is 664 g/mol. The lowest BCUT2D eigenvalue weighted by Gasteiger charge is -2.27. The first-order valence-corrected chi connectivity index (χ1v) is 17.2. The number of H-pyrrole nitrogens is 1. The Balaban J connectivity index is 1.21. The van der Waals surface area contributed by atoms with Gasteiger partial charge in [-0.3, -0.25) is 27.9 Å². The van der Waals surface area contributed by atoms with E-state index in [2.05, 4.69) is 24.9 Å². The molecule has 2 bridgehead atoms. The number of phosphoric acid groups is 1. The largest absolute Gasteiger partial charge is 0.472 e. The zero-order chi connectivity index (χ0) is 31.8. The number of nitrogens with zero attached hydrogens (tertiary/aromatic N) is 6. The molecule has 3 aliphatic heterocycles. The fourth-order valence-electron chi connectivity index (χ4n) is 5.43. The van der Waals surface area contributed by atoms with Gasteiger partial charge in [-0.15, -0.1) is 0 Å². The summed E-state index contributed by atoms with van der Waals surface area (Å²) in [4.78, 5) is 52.7. The first kappa shape index (κ1) is 30.7. The smallest absolute Gasteiger partial charge is 0.387 e. The van der Waals surface area contributed by atoms with Crippen molar-refractivity contribution in [3.8, 4) is 0 Å². The number of ether oxygens (including phenoxy) is 2. The van der Waals surface area contributed by atoms with Crippen molar-refractivity contribution in [2.75, 3.05) is 24.7 Å². The van der Waals surface area contributed by atoms with E-state index in [1.807, 2.05) is 0 Å². The van der Waals surface area contributed by atoms with E-state index in [1.165, 1.54) is 34.1 Å². The fourth-order valence-corrected chi connectivity index (χ4v) is 7.81. The normalized spacial score (nSPS) is 37.7. The number of nitrogens with one attached hydrogen (secondary N) is 1. The van der Waals surface area contributed by atoms with Crippen molar-refractivity contribution in [2.24, 2.45) is 0 Å². The van der Waals surface area contributed by atoms with Gasteiger partial charge in [0.2, 0.25) is 5.95 Å². The van der Waals surface area contributed by atoms with Crippen molar-refractivity contribution in [1.82, 2.24) is 34.1 Å². The summed E-state index contributed by atoms with van der Waals surface area (Å²) in [6, 6.07) is 1.42.